The number of fused-ring (bicyclic) bond motifs is 1. The Morgan fingerprint density at radius 1 is 1.12 bits per heavy atom. The summed E-state index contributed by atoms with van der Waals surface area (Å²) in [6.07, 6.45) is 0.522. The molecule has 42 heavy (non-hydrogen) atoms. The maximum absolute atomic E-state index is 15.3. The molecule has 1 fully saturated rings. The van der Waals surface area contributed by atoms with Crippen LogP contribution in [0.4, 0.5) is 14.9 Å². The minimum atomic E-state index is -4.32. The number of hydrogen-bond acceptors (Lipinski definition) is 8. The summed E-state index contributed by atoms with van der Waals surface area (Å²) in [6, 6.07) is 7.02. The van der Waals surface area contributed by atoms with E-state index in [4.69, 9.17) is 14.2 Å². The van der Waals surface area contributed by atoms with Crippen molar-refractivity contribution in [3.8, 4) is 5.75 Å². The number of methoxy groups -OCH3 is 1. The third-order valence-corrected chi connectivity index (χ3v) is 8.72. The standard InChI is InChI=1S/C29H36FN3O8S/c1-29(2,3)41-28(36)32-23-17-42(37,38)25-14-22(30)21(26(34)31-15-18-9-11-40-12-10-18)13-24(25)33(27(23)35)16-19-5-7-20(39-4)8-6-19/h5-8,13-14,18,23H,9-12,15-17H2,1-4H3,(H,31,34)(H,32,36)/t23-/m0/s1. The molecule has 0 spiro atoms. The fourth-order valence-corrected chi connectivity index (χ4v) is 6.39. The first-order valence-corrected chi connectivity index (χ1v) is 15.3. The molecule has 2 aromatic carbocycles. The first kappa shape index (κ1) is 31.2. The molecule has 2 heterocycles. The highest BCUT2D eigenvalue weighted by Gasteiger charge is 2.40. The van der Waals surface area contributed by atoms with Crippen LogP contribution in [0.3, 0.4) is 0 Å². The van der Waals surface area contributed by atoms with Crippen molar-refractivity contribution in [1.82, 2.24) is 10.6 Å². The number of anilines is 1. The topological polar surface area (TPSA) is 140 Å². The zero-order chi connectivity index (χ0) is 30.7. The number of sulfone groups is 1. The van der Waals surface area contributed by atoms with Crippen molar-refractivity contribution in [2.24, 2.45) is 5.92 Å². The molecule has 1 saturated heterocycles. The van der Waals surface area contributed by atoms with Gasteiger partial charge in [-0.2, -0.15) is 0 Å². The number of nitrogens with zero attached hydrogens (tertiary/aromatic N) is 1. The molecule has 228 valence electrons. The molecule has 11 nitrogen and oxygen atoms in total. The van der Waals surface area contributed by atoms with Crippen LogP contribution in [0.2, 0.25) is 0 Å². The maximum atomic E-state index is 15.3. The SMILES string of the molecule is COc1ccc(CN2C(=O)[C@@H](NC(=O)OC(C)(C)C)CS(=O)(=O)c3cc(F)c(C(=O)NCC4CCOCC4)cc32)cc1. The summed E-state index contributed by atoms with van der Waals surface area (Å²) in [4.78, 5) is 40.2. The third kappa shape index (κ3) is 7.57. The van der Waals surface area contributed by atoms with E-state index in [0.717, 1.165) is 29.9 Å². The minimum absolute atomic E-state index is 0.132. The lowest BCUT2D eigenvalue weighted by atomic mass is 10.0. The Hall–Kier alpha value is -3.71. The van der Waals surface area contributed by atoms with Gasteiger partial charge in [-0.3, -0.25) is 9.59 Å². The highest BCUT2D eigenvalue weighted by atomic mass is 32.2. The molecule has 2 aromatic rings. The monoisotopic (exact) mass is 605 g/mol. The van der Waals surface area contributed by atoms with Gasteiger partial charge in [0.2, 0.25) is 0 Å². The van der Waals surface area contributed by atoms with Crippen LogP contribution in [0.5, 0.6) is 5.75 Å². The van der Waals surface area contributed by atoms with Crippen molar-refractivity contribution in [3.63, 3.8) is 0 Å². The van der Waals surface area contributed by atoms with Crippen molar-refractivity contribution in [2.75, 3.05) is 37.5 Å². The predicted octanol–water partition coefficient (Wildman–Crippen LogP) is 3.20. The van der Waals surface area contributed by atoms with Crippen LogP contribution in [0.25, 0.3) is 0 Å². The minimum Gasteiger partial charge on any atom is -0.497 e. The molecule has 1 atom stereocenters. The smallest absolute Gasteiger partial charge is 0.408 e. The first-order valence-electron chi connectivity index (χ1n) is 13.6. The van der Waals surface area contributed by atoms with Gasteiger partial charge in [0.25, 0.3) is 11.8 Å². The van der Waals surface area contributed by atoms with Crippen LogP contribution in [0.1, 0.15) is 49.5 Å². The lowest BCUT2D eigenvalue weighted by molar-refractivity contribution is -0.120. The Morgan fingerprint density at radius 2 is 1.79 bits per heavy atom. The molecule has 13 heteroatoms. The molecule has 0 saturated carbocycles. The Kier molecular flexibility index (Phi) is 9.41. The summed E-state index contributed by atoms with van der Waals surface area (Å²) in [5.41, 5.74) is -0.873. The molecule has 2 aliphatic heterocycles. The van der Waals surface area contributed by atoms with Gasteiger partial charge in [0.15, 0.2) is 9.84 Å². The molecule has 4 rings (SSSR count). The second-order valence-corrected chi connectivity index (χ2v) is 13.3. The Morgan fingerprint density at radius 3 is 2.40 bits per heavy atom. The zero-order valence-electron chi connectivity index (χ0n) is 24.1. The number of ether oxygens (including phenoxy) is 3. The van der Waals surface area contributed by atoms with Gasteiger partial charge in [-0.05, 0) is 69.4 Å². The summed E-state index contributed by atoms with van der Waals surface area (Å²) in [7, 11) is -2.81. The number of rotatable bonds is 7. The van der Waals surface area contributed by atoms with Crippen LogP contribution in [0.15, 0.2) is 41.3 Å². The van der Waals surface area contributed by atoms with Crippen molar-refractivity contribution in [2.45, 2.75) is 56.7 Å². The summed E-state index contributed by atoms with van der Waals surface area (Å²) < 4.78 is 58.1. The molecule has 0 unspecified atom stereocenters. The molecule has 0 aliphatic carbocycles. The number of carbonyl (C=O) groups excluding carboxylic acids is 3. The highest BCUT2D eigenvalue weighted by Crippen LogP contribution is 2.34. The van der Waals surface area contributed by atoms with E-state index in [1.165, 1.54) is 7.11 Å². The van der Waals surface area contributed by atoms with E-state index >= 15 is 4.39 Å². The number of benzene rings is 2. The molecule has 2 aliphatic rings. The van der Waals surface area contributed by atoms with E-state index in [2.05, 4.69) is 10.6 Å². The van der Waals surface area contributed by atoms with Gasteiger partial charge < -0.3 is 29.7 Å². The number of alkyl carbamates (subject to hydrolysis) is 1. The van der Waals surface area contributed by atoms with Crippen LogP contribution in [-0.2, 0) is 30.7 Å². The predicted molar refractivity (Wildman–Crippen MR) is 152 cm³/mol. The van der Waals surface area contributed by atoms with Crippen LogP contribution >= 0.6 is 0 Å². The quantitative estimate of drug-likeness (QED) is 0.491. The van der Waals surface area contributed by atoms with E-state index in [-0.39, 0.29) is 18.2 Å². The van der Waals surface area contributed by atoms with E-state index in [1.807, 2.05) is 0 Å². The largest absolute Gasteiger partial charge is 0.497 e. The highest BCUT2D eigenvalue weighted by molar-refractivity contribution is 7.91. The average Bonchev–Trinajstić information content (AvgIpc) is 3.00. The summed E-state index contributed by atoms with van der Waals surface area (Å²) in [5.74, 6) is -2.63. The maximum Gasteiger partial charge on any atom is 0.408 e. The summed E-state index contributed by atoms with van der Waals surface area (Å²) in [6.45, 7) is 6.20. The van der Waals surface area contributed by atoms with Gasteiger partial charge in [0.05, 0.1) is 35.6 Å². The van der Waals surface area contributed by atoms with E-state index in [0.29, 0.717) is 31.1 Å². The molecule has 0 aromatic heterocycles. The van der Waals surface area contributed by atoms with Gasteiger partial charge in [-0.1, -0.05) is 12.1 Å². The van der Waals surface area contributed by atoms with Crippen molar-refractivity contribution in [1.29, 1.82) is 0 Å². The number of nitrogens with one attached hydrogen (secondary N) is 2. The molecular formula is C29H36FN3O8S. The first-order chi connectivity index (χ1) is 19.8. The van der Waals surface area contributed by atoms with E-state index in [1.54, 1.807) is 45.0 Å². The molecule has 0 radical (unpaired) electrons. The van der Waals surface area contributed by atoms with Crippen molar-refractivity contribution in [3.05, 3.63) is 53.3 Å². The van der Waals surface area contributed by atoms with Crippen LogP contribution < -0.4 is 20.3 Å². The third-order valence-electron chi connectivity index (χ3n) is 6.95. The van der Waals surface area contributed by atoms with Gasteiger partial charge in [0.1, 0.15) is 23.2 Å². The fraction of sp³-hybridized carbons (Fsp3) is 0.483. The van der Waals surface area contributed by atoms with Crippen LogP contribution in [-0.4, -0.2) is 70.6 Å². The number of carbonyl (C=O) groups is 3. The molecular weight excluding hydrogens is 569 g/mol. The van der Waals surface area contributed by atoms with Gasteiger partial charge in [-0.25, -0.2) is 17.6 Å². The van der Waals surface area contributed by atoms with Crippen molar-refractivity contribution >= 4 is 33.4 Å². The number of halogens is 1. The zero-order valence-corrected chi connectivity index (χ0v) is 24.9. The average molecular weight is 606 g/mol. The van der Waals surface area contributed by atoms with Gasteiger partial charge in [-0.15, -0.1) is 0 Å². The number of hydrogen-bond donors (Lipinski definition) is 2. The normalized spacial score (nSPS) is 18.9. The van der Waals surface area contributed by atoms with Crippen molar-refractivity contribution < 1.29 is 41.4 Å². The fourth-order valence-electron chi connectivity index (χ4n) is 4.78. The molecule has 3 amide bonds. The van der Waals surface area contributed by atoms with Gasteiger partial charge >= 0.3 is 6.09 Å². The van der Waals surface area contributed by atoms with Gasteiger partial charge in [0, 0.05) is 19.8 Å². The molecule has 2 N–H and O–H groups in total. The second kappa shape index (κ2) is 12.7. The lowest BCUT2D eigenvalue weighted by Crippen LogP contribution is -2.51. The Labute approximate surface area is 244 Å². The Bertz CT molecular complexity index is 1430. The second-order valence-electron chi connectivity index (χ2n) is 11.3. The lowest BCUT2D eigenvalue weighted by Gasteiger charge is -2.27. The molecule has 0 bridgehead atoms. The summed E-state index contributed by atoms with van der Waals surface area (Å²) >= 11 is 0. The Balaban J connectivity index is 1.73. The van der Waals surface area contributed by atoms with Crippen LogP contribution in [0, 0.1) is 11.7 Å². The number of amides is 3. The van der Waals surface area contributed by atoms with E-state index < -0.39 is 61.4 Å². The summed E-state index contributed by atoms with van der Waals surface area (Å²) in [5, 5.41) is 5.09. The van der Waals surface area contributed by atoms with E-state index in [9.17, 15) is 22.8 Å².